The summed E-state index contributed by atoms with van der Waals surface area (Å²) < 4.78 is 5.01. The van der Waals surface area contributed by atoms with Crippen molar-refractivity contribution < 1.29 is 9.53 Å². The molecular formula is C19H21N5O2. The molecule has 0 spiro atoms. The number of piperidine rings is 1. The first-order valence-electron chi connectivity index (χ1n) is 8.53. The summed E-state index contributed by atoms with van der Waals surface area (Å²) in [6.45, 7) is 4.04. The zero-order chi connectivity index (χ0) is 18.5. The van der Waals surface area contributed by atoms with Crippen LogP contribution in [0, 0.1) is 19.3 Å². The predicted octanol–water partition coefficient (Wildman–Crippen LogP) is 2.41. The van der Waals surface area contributed by atoms with Crippen LogP contribution in [-0.2, 0) is 0 Å². The topological polar surface area (TPSA) is 80.2 Å². The van der Waals surface area contributed by atoms with E-state index in [1.54, 1.807) is 6.20 Å². The van der Waals surface area contributed by atoms with Crippen LogP contribution >= 0.6 is 0 Å². The molecule has 0 aliphatic carbocycles. The highest BCUT2D eigenvalue weighted by atomic mass is 16.5. The molecule has 1 N–H and O–H groups in total. The number of pyridine rings is 1. The number of carbonyl (C=O) groups is 1. The molecule has 1 aliphatic rings. The minimum absolute atomic E-state index is 0.122. The van der Waals surface area contributed by atoms with Gasteiger partial charge in [-0.3, -0.25) is 4.79 Å². The Kier molecular flexibility index (Phi) is 5.32. The van der Waals surface area contributed by atoms with E-state index in [9.17, 15) is 4.79 Å². The SMILES string of the molecule is C#Cc1cc(C(=O)Nc2cnc(N3CCCCC3)c(C)c2)nnc1OC. The fourth-order valence-electron chi connectivity index (χ4n) is 3.01. The lowest BCUT2D eigenvalue weighted by atomic mass is 10.1. The molecule has 1 saturated heterocycles. The fourth-order valence-corrected chi connectivity index (χ4v) is 3.01. The largest absolute Gasteiger partial charge is 0.479 e. The van der Waals surface area contributed by atoms with Gasteiger partial charge in [0.2, 0.25) is 5.88 Å². The molecule has 2 aromatic heterocycles. The van der Waals surface area contributed by atoms with Gasteiger partial charge in [0, 0.05) is 13.1 Å². The summed E-state index contributed by atoms with van der Waals surface area (Å²) in [7, 11) is 1.45. The highest BCUT2D eigenvalue weighted by Crippen LogP contribution is 2.24. The highest BCUT2D eigenvalue weighted by Gasteiger charge is 2.16. The number of rotatable bonds is 4. The average Bonchev–Trinajstić information content (AvgIpc) is 2.68. The lowest BCUT2D eigenvalue weighted by Crippen LogP contribution is -2.30. The van der Waals surface area contributed by atoms with Gasteiger partial charge in [-0.1, -0.05) is 5.92 Å². The minimum atomic E-state index is -0.399. The summed E-state index contributed by atoms with van der Waals surface area (Å²) in [5.74, 6) is 3.22. The summed E-state index contributed by atoms with van der Waals surface area (Å²) in [5, 5.41) is 10.5. The molecule has 0 saturated carbocycles. The van der Waals surface area contributed by atoms with Crippen LogP contribution in [0.1, 0.15) is 40.9 Å². The smallest absolute Gasteiger partial charge is 0.276 e. The van der Waals surface area contributed by atoms with Crippen LogP contribution in [0.5, 0.6) is 5.88 Å². The van der Waals surface area contributed by atoms with Gasteiger partial charge in [-0.05, 0) is 43.9 Å². The fraction of sp³-hybridized carbons (Fsp3) is 0.368. The number of terminal acetylenes is 1. The van der Waals surface area contributed by atoms with Crippen molar-refractivity contribution in [3.05, 3.63) is 35.2 Å². The molecule has 2 aromatic rings. The van der Waals surface area contributed by atoms with Crippen molar-refractivity contribution in [1.82, 2.24) is 15.2 Å². The van der Waals surface area contributed by atoms with Gasteiger partial charge in [-0.25, -0.2) is 4.98 Å². The van der Waals surface area contributed by atoms with E-state index in [4.69, 9.17) is 11.2 Å². The Morgan fingerprint density at radius 3 is 2.69 bits per heavy atom. The van der Waals surface area contributed by atoms with Crippen LogP contribution in [0.3, 0.4) is 0 Å². The van der Waals surface area contributed by atoms with Crippen LogP contribution < -0.4 is 15.0 Å². The number of hydrogen-bond donors (Lipinski definition) is 1. The number of ether oxygens (including phenoxy) is 1. The molecule has 1 fully saturated rings. The van der Waals surface area contributed by atoms with Crippen molar-refractivity contribution in [2.24, 2.45) is 0 Å². The maximum absolute atomic E-state index is 12.4. The molecule has 0 bridgehead atoms. The van der Waals surface area contributed by atoms with Gasteiger partial charge in [-0.15, -0.1) is 16.6 Å². The Balaban J connectivity index is 1.75. The molecule has 7 nitrogen and oxygen atoms in total. The van der Waals surface area contributed by atoms with Gasteiger partial charge in [0.1, 0.15) is 5.82 Å². The molecule has 0 aromatic carbocycles. The van der Waals surface area contributed by atoms with Crippen LogP contribution in [0.25, 0.3) is 0 Å². The molecule has 1 amide bonds. The van der Waals surface area contributed by atoms with Gasteiger partial charge in [-0.2, -0.15) is 0 Å². The number of methoxy groups -OCH3 is 1. The number of aryl methyl sites for hydroxylation is 1. The maximum atomic E-state index is 12.4. The molecule has 1 aliphatic heterocycles. The van der Waals surface area contributed by atoms with Crippen LogP contribution in [0.4, 0.5) is 11.5 Å². The average molecular weight is 351 g/mol. The van der Waals surface area contributed by atoms with Crippen molar-refractivity contribution in [3.8, 4) is 18.2 Å². The van der Waals surface area contributed by atoms with Gasteiger partial charge in [0.25, 0.3) is 5.91 Å². The van der Waals surface area contributed by atoms with E-state index >= 15 is 0 Å². The molecule has 3 heterocycles. The number of amides is 1. The summed E-state index contributed by atoms with van der Waals surface area (Å²) in [5.41, 5.74) is 2.13. The van der Waals surface area contributed by atoms with Gasteiger partial charge >= 0.3 is 0 Å². The highest BCUT2D eigenvalue weighted by molar-refractivity contribution is 6.03. The minimum Gasteiger partial charge on any atom is -0.479 e. The number of nitrogens with one attached hydrogen (secondary N) is 1. The Bertz CT molecular complexity index is 853. The summed E-state index contributed by atoms with van der Waals surface area (Å²) in [4.78, 5) is 19.2. The number of hydrogen-bond acceptors (Lipinski definition) is 6. The quantitative estimate of drug-likeness (QED) is 0.852. The Labute approximate surface area is 152 Å². The lowest BCUT2D eigenvalue weighted by molar-refractivity contribution is 0.102. The van der Waals surface area contributed by atoms with Gasteiger partial charge < -0.3 is 15.0 Å². The molecule has 0 radical (unpaired) electrons. The molecule has 26 heavy (non-hydrogen) atoms. The van der Waals surface area contributed by atoms with E-state index in [1.807, 2.05) is 13.0 Å². The second kappa shape index (κ2) is 7.83. The monoisotopic (exact) mass is 351 g/mol. The Hall–Kier alpha value is -3.14. The standard InChI is InChI=1S/C19H21N5O2/c1-4-14-11-16(22-23-19(14)26-3)18(25)21-15-10-13(2)17(20-12-15)24-8-6-5-7-9-24/h1,10-12H,5-9H2,2-3H3,(H,21,25). The van der Waals surface area contributed by atoms with Crippen molar-refractivity contribution in [2.75, 3.05) is 30.4 Å². The van der Waals surface area contributed by atoms with Gasteiger partial charge in [0.15, 0.2) is 5.69 Å². The van der Waals surface area contributed by atoms with Crippen molar-refractivity contribution in [1.29, 1.82) is 0 Å². The number of aromatic nitrogens is 3. The van der Waals surface area contributed by atoms with E-state index in [1.165, 1.54) is 32.4 Å². The zero-order valence-corrected chi connectivity index (χ0v) is 15.0. The van der Waals surface area contributed by atoms with E-state index in [2.05, 4.69) is 31.3 Å². The summed E-state index contributed by atoms with van der Waals surface area (Å²) in [6, 6.07) is 3.39. The Morgan fingerprint density at radius 1 is 1.27 bits per heavy atom. The lowest BCUT2D eigenvalue weighted by Gasteiger charge is -2.29. The predicted molar refractivity (Wildman–Crippen MR) is 99.5 cm³/mol. The van der Waals surface area contributed by atoms with Crippen LogP contribution in [0.2, 0.25) is 0 Å². The van der Waals surface area contributed by atoms with E-state index in [0.29, 0.717) is 11.3 Å². The normalized spacial score (nSPS) is 13.8. The van der Waals surface area contributed by atoms with Crippen molar-refractivity contribution >= 4 is 17.4 Å². The number of nitrogens with zero attached hydrogens (tertiary/aromatic N) is 4. The first kappa shape index (κ1) is 17.7. The van der Waals surface area contributed by atoms with Crippen molar-refractivity contribution in [2.45, 2.75) is 26.2 Å². The molecule has 0 atom stereocenters. The Morgan fingerprint density at radius 2 is 2.04 bits per heavy atom. The van der Waals surface area contributed by atoms with E-state index in [0.717, 1.165) is 24.5 Å². The van der Waals surface area contributed by atoms with Crippen LogP contribution in [-0.4, -0.2) is 41.3 Å². The number of carbonyl (C=O) groups excluding carboxylic acids is 1. The number of anilines is 2. The molecule has 7 heteroatoms. The summed E-state index contributed by atoms with van der Waals surface area (Å²) in [6.07, 6.45) is 10.7. The van der Waals surface area contributed by atoms with Gasteiger partial charge in [0.05, 0.1) is 24.6 Å². The second-order valence-corrected chi connectivity index (χ2v) is 6.16. The third-order valence-electron chi connectivity index (χ3n) is 4.31. The molecular weight excluding hydrogens is 330 g/mol. The van der Waals surface area contributed by atoms with E-state index < -0.39 is 5.91 Å². The molecule has 3 rings (SSSR count). The molecule has 0 unspecified atom stereocenters. The summed E-state index contributed by atoms with van der Waals surface area (Å²) >= 11 is 0. The van der Waals surface area contributed by atoms with Crippen LogP contribution in [0.15, 0.2) is 18.3 Å². The third kappa shape index (κ3) is 3.75. The second-order valence-electron chi connectivity index (χ2n) is 6.16. The molecule has 134 valence electrons. The zero-order valence-electron chi connectivity index (χ0n) is 15.0. The van der Waals surface area contributed by atoms with E-state index in [-0.39, 0.29) is 11.6 Å². The maximum Gasteiger partial charge on any atom is 0.276 e. The third-order valence-corrected chi connectivity index (χ3v) is 4.31. The van der Waals surface area contributed by atoms with Crippen molar-refractivity contribution in [3.63, 3.8) is 0 Å². The first-order valence-corrected chi connectivity index (χ1v) is 8.53. The first-order chi connectivity index (χ1) is 12.6.